The minimum absolute atomic E-state index is 0.0882. The monoisotopic (exact) mass is 314 g/mol. The summed E-state index contributed by atoms with van der Waals surface area (Å²) in [7, 11) is 0. The second kappa shape index (κ2) is 6.55. The zero-order chi connectivity index (χ0) is 15.4. The molecule has 2 heterocycles. The van der Waals surface area contributed by atoms with Gasteiger partial charge in [0.2, 0.25) is 0 Å². The largest absolute Gasteiger partial charge is 0.467 e. The Morgan fingerprint density at radius 3 is 2.82 bits per heavy atom. The van der Waals surface area contributed by atoms with Gasteiger partial charge in [-0.15, -0.1) is 11.3 Å². The van der Waals surface area contributed by atoms with Crippen LogP contribution in [0.25, 0.3) is 10.6 Å². The van der Waals surface area contributed by atoms with Crippen molar-refractivity contribution in [1.82, 2.24) is 10.3 Å². The predicted molar refractivity (Wildman–Crippen MR) is 83.6 cm³/mol. The van der Waals surface area contributed by atoms with Gasteiger partial charge in [0.25, 0.3) is 5.91 Å². The van der Waals surface area contributed by atoms with Crippen LogP contribution < -0.4 is 5.32 Å². The average Bonchev–Trinajstić information content (AvgIpc) is 3.24. The molecule has 0 aliphatic carbocycles. The van der Waals surface area contributed by atoms with E-state index in [-0.39, 0.29) is 12.5 Å². The molecule has 1 amide bonds. The normalized spacial score (nSPS) is 12.0. The third-order valence-corrected chi connectivity index (χ3v) is 4.12. The van der Waals surface area contributed by atoms with Gasteiger partial charge >= 0.3 is 0 Å². The molecular formula is C16H14N2O3S. The van der Waals surface area contributed by atoms with Crippen LogP contribution in [0.2, 0.25) is 0 Å². The average molecular weight is 314 g/mol. The van der Waals surface area contributed by atoms with Crippen LogP contribution in [0.15, 0.2) is 59.3 Å². The molecule has 0 saturated carbocycles. The van der Waals surface area contributed by atoms with Gasteiger partial charge in [0.15, 0.2) is 0 Å². The van der Waals surface area contributed by atoms with Gasteiger partial charge in [-0.25, -0.2) is 4.98 Å². The molecule has 0 saturated heterocycles. The number of nitrogens with one attached hydrogen (secondary N) is 1. The molecule has 0 spiro atoms. The molecule has 0 fully saturated rings. The van der Waals surface area contributed by atoms with E-state index in [2.05, 4.69) is 10.3 Å². The number of thiazole rings is 1. The van der Waals surface area contributed by atoms with Crippen molar-refractivity contribution >= 4 is 17.2 Å². The molecule has 0 radical (unpaired) electrons. The molecule has 1 aromatic carbocycles. The molecule has 0 bridgehead atoms. The number of aliphatic hydroxyl groups excluding tert-OH is 1. The summed E-state index contributed by atoms with van der Waals surface area (Å²) in [6.45, 7) is 0.0882. The number of aromatic nitrogens is 1. The maximum absolute atomic E-state index is 12.1. The SMILES string of the molecule is O=C(NCC(O)c1ccco1)c1cnc(-c2ccccc2)s1. The number of benzene rings is 1. The van der Waals surface area contributed by atoms with E-state index in [1.807, 2.05) is 30.3 Å². The van der Waals surface area contributed by atoms with Crippen LogP contribution in [0.3, 0.4) is 0 Å². The number of nitrogens with zero attached hydrogens (tertiary/aromatic N) is 1. The fourth-order valence-corrected chi connectivity index (χ4v) is 2.79. The Morgan fingerprint density at radius 2 is 2.09 bits per heavy atom. The van der Waals surface area contributed by atoms with E-state index in [0.717, 1.165) is 10.6 Å². The summed E-state index contributed by atoms with van der Waals surface area (Å²) < 4.78 is 5.08. The Morgan fingerprint density at radius 1 is 1.27 bits per heavy atom. The Hall–Kier alpha value is -2.44. The van der Waals surface area contributed by atoms with Crippen molar-refractivity contribution in [3.05, 3.63) is 65.6 Å². The van der Waals surface area contributed by atoms with E-state index in [0.29, 0.717) is 10.6 Å². The van der Waals surface area contributed by atoms with Crippen molar-refractivity contribution < 1.29 is 14.3 Å². The van der Waals surface area contributed by atoms with Crippen molar-refractivity contribution in [1.29, 1.82) is 0 Å². The first-order chi connectivity index (χ1) is 10.7. The van der Waals surface area contributed by atoms with Crippen molar-refractivity contribution in [2.45, 2.75) is 6.10 Å². The molecule has 22 heavy (non-hydrogen) atoms. The van der Waals surface area contributed by atoms with E-state index in [1.165, 1.54) is 17.6 Å². The smallest absolute Gasteiger partial charge is 0.263 e. The highest BCUT2D eigenvalue weighted by Gasteiger charge is 2.15. The lowest BCUT2D eigenvalue weighted by Gasteiger charge is -2.08. The number of rotatable bonds is 5. The van der Waals surface area contributed by atoms with E-state index in [1.54, 1.807) is 18.3 Å². The quantitative estimate of drug-likeness (QED) is 0.759. The van der Waals surface area contributed by atoms with Crippen LogP contribution in [-0.4, -0.2) is 22.5 Å². The first-order valence-corrected chi connectivity index (χ1v) is 7.56. The molecule has 0 aliphatic rings. The van der Waals surface area contributed by atoms with Crippen LogP contribution in [0, 0.1) is 0 Å². The van der Waals surface area contributed by atoms with Crippen molar-refractivity contribution in [2.75, 3.05) is 6.54 Å². The summed E-state index contributed by atoms with van der Waals surface area (Å²) in [5.41, 5.74) is 0.974. The lowest BCUT2D eigenvalue weighted by Crippen LogP contribution is -2.27. The molecule has 1 atom stereocenters. The van der Waals surface area contributed by atoms with Gasteiger partial charge in [-0.05, 0) is 12.1 Å². The molecule has 3 rings (SSSR count). The van der Waals surface area contributed by atoms with E-state index in [9.17, 15) is 9.90 Å². The third-order valence-electron chi connectivity index (χ3n) is 3.08. The van der Waals surface area contributed by atoms with Crippen LogP contribution in [0.5, 0.6) is 0 Å². The fraction of sp³-hybridized carbons (Fsp3) is 0.125. The molecule has 112 valence electrons. The number of amides is 1. The summed E-state index contributed by atoms with van der Waals surface area (Å²) >= 11 is 1.32. The first kappa shape index (κ1) is 14.5. The van der Waals surface area contributed by atoms with E-state index in [4.69, 9.17) is 4.42 Å². The van der Waals surface area contributed by atoms with Crippen molar-refractivity contribution in [3.8, 4) is 10.6 Å². The van der Waals surface area contributed by atoms with E-state index < -0.39 is 6.10 Å². The lowest BCUT2D eigenvalue weighted by molar-refractivity contribution is 0.0905. The van der Waals surface area contributed by atoms with Crippen LogP contribution >= 0.6 is 11.3 Å². The zero-order valence-electron chi connectivity index (χ0n) is 11.6. The van der Waals surface area contributed by atoms with Crippen LogP contribution in [-0.2, 0) is 0 Å². The Bertz CT molecular complexity index is 738. The zero-order valence-corrected chi connectivity index (χ0v) is 12.4. The van der Waals surface area contributed by atoms with Gasteiger partial charge in [-0.2, -0.15) is 0 Å². The molecule has 5 nitrogen and oxygen atoms in total. The predicted octanol–water partition coefficient (Wildman–Crippen LogP) is 2.87. The maximum Gasteiger partial charge on any atom is 0.263 e. The summed E-state index contributed by atoms with van der Waals surface area (Å²) in [6.07, 6.45) is 2.16. The number of hydrogen-bond acceptors (Lipinski definition) is 5. The highest BCUT2D eigenvalue weighted by atomic mass is 32.1. The first-order valence-electron chi connectivity index (χ1n) is 6.75. The van der Waals surface area contributed by atoms with Crippen LogP contribution in [0.4, 0.5) is 0 Å². The van der Waals surface area contributed by atoms with Gasteiger partial charge in [-0.1, -0.05) is 30.3 Å². The molecule has 2 N–H and O–H groups in total. The number of hydrogen-bond donors (Lipinski definition) is 2. The topological polar surface area (TPSA) is 75.4 Å². The summed E-state index contributed by atoms with van der Waals surface area (Å²) in [6, 6.07) is 13.0. The third kappa shape index (κ3) is 3.24. The van der Waals surface area contributed by atoms with Crippen molar-refractivity contribution in [2.24, 2.45) is 0 Å². The number of carbonyl (C=O) groups excluding carboxylic acids is 1. The van der Waals surface area contributed by atoms with E-state index >= 15 is 0 Å². The molecule has 1 unspecified atom stereocenters. The molecular weight excluding hydrogens is 300 g/mol. The lowest BCUT2D eigenvalue weighted by atomic mass is 10.2. The second-order valence-electron chi connectivity index (χ2n) is 4.64. The molecule has 0 aliphatic heterocycles. The molecule has 2 aromatic heterocycles. The molecule has 6 heteroatoms. The summed E-state index contributed by atoms with van der Waals surface area (Å²) in [4.78, 5) is 16.8. The number of carbonyl (C=O) groups is 1. The van der Waals surface area contributed by atoms with Gasteiger partial charge in [-0.3, -0.25) is 4.79 Å². The van der Waals surface area contributed by atoms with Gasteiger partial charge in [0, 0.05) is 5.56 Å². The van der Waals surface area contributed by atoms with Gasteiger partial charge < -0.3 is 14.8 Å². The summed E-state index contributed by atoms with van der Waals surface area (Å²) in [5, 5.41) is 13.3. The Balaban J connectivity index is 1.62. The Kier molecular flexibility index (Phi) is 4.32. The minimum atomic E-state index is -0.861. The fourth-order valence-electron chi connectivity index (χ4n) is 1.95. The number of furan rings is 1. The van der Waals surface area contributed by atoms with Gasteiger partial charge in [0.1, 0.15) is 21.7 Å². The second-order valence-corrected chi connectivity index (χ2v) is 5.67. The number of aliphatic hydroxyl groups is 1. The Labute approximate surface area is 131 Å². The molecule has 3 aromatic rings. The highest BCUT2D eigenvalue weighted by Crippen LogP contribution is 2.24. The summed E-state index contributed by atoms with van der Waals surface area (Å²) in [5.74, 6) is 0.167. The maximum atomic E-state index is 12.1. The van der Waals surface area contributed by atoms with Crippen LogP contribution in [0.1, 0.15) is 21.5 Å². The standard InChI is InChI=1S/C16H14N2O3S/c19-12(13-7-4-8-21-13)9-17-15(20)14-10-18-16(22-14)11-5-2-1-3-6-11/h1-8,10,12,19H,9H2,(H,17,20). The minimum Gasteiger partial charge on any atom is -0.467 e. The van der Waals surface area contributed by atoms with Crippen molar-refractivity contribution in [3.63, 3.8) is 0 Å². The van der Waals surface area contributed by atoms with Gasteiger partial charge in [0.05, 0.1) is 19.0 Å². The highest BCUT2D eigenvalue weighted by molar-refractivity contribution is 7.16.